The molecule has 2 rings (SSSR count). The molecule has 0 saturated carbocycles. The van der Waals surface area contributed by atoms with Crippen molar-refractivity contribution in [3.05, 3.63) is 29.8 Å². The molecule has 0 aromatic heterocycles. The molecule has 1 amide bonds. The molecule has 1 aliphatic rings. The number of carbonyl (C=O) groups is 1. The summed E-state index contributed by atoms with van der Waals surface area (Å²) >= 11 is 0. The van der Waals surface area contributed by atoms with Gasteiger partial charge in [0.1, 0.15) is 21.8 Å². The zero-order valence-electron chi connectivity index (χ0n) is 11.5. The lowest BCUT2D eigenvalue weighted by Crippen LogP contribution is -2.34. The van der Waals surface area contributed by atoms with Gasteiger partial charge in [0, 0.05) is 12.8 Å². The molecule has 1 saturated heterocycles. The summed E-state index contributed by atoms with van der Waals surface area (Å²) in [5, 5.41) is 3.09. The van der Waals surface area contributed by atoms with E-state index in [9.17, 15) is 13.2 Å². The van der Waals surface area contributed by atoms with Crippen LogP contribution in [0.2, 0.25) is 0 Å². The summed E-state index contributed by atoms with van der Waals surface area (Å²) < 4.78 is 27.7. The summed E-state index contributed by atoms with van der Waals surface area (Å²) in [6, 6.07) is 7.38. The van der Waals surface area contributed by atoms with Crippen molar-refractivity contribution in [3.63, 3.8) is 0 Å². The monoisotopic (exact) mass is 298 g/mol. The molecule has 0 aliphatic carbocycles. The first kappa shape index (κ1) is 14.8. The van der Waals surface area contributed by atoms with Crippen LogP contribution in [-0.4, -0.2) is 51.4 Å². The summed E-state index contributed by atoms with van der Waals surface area (Å²) in [4.78, 5) is 13.4. The molecule has 1 N–H and O–H groups in total. The highest BCUT2D eigenvalue weighted by Gasteiger charge is 2.31. The van der Waals surface area contributed by atoms with E-state index in [1.165, 1.54) is 6.26 Å². The summed E-state index contributed by atoms with van der Waals surface area (Å²) in [7, 11) is -1.52. The van der Waals surface area contributed by atoms with Gasteiger partial charge in [-0.2, -0.15) is 0 Å². The molecule has 20 heavy (non-hydrogen) atoms. The maximum Gasteiger partial charge on any atom is 0.238 e. The van der Waals surface area contributed by atoms with Crippen molar-refractivity contribution in [2.24, 2.45) is 0 Å². The van der Waals surface area contributed by atoms with Gasteiger partial charge in [-0.25, -0.2) is 8.42 Å². The number of amides is 1. The molecule has 0 radical (unpaired) electrons. The molecule has 110 valence electrons. The first-order valence-corrected chi connectivity index (χ1v) is 8.31. The highest BCUT2D eigenvalue weighted by molar-refractivity contribution is 7.90. The zero-order chi connectivity index (χ0) is 14.8. The van der Waals surface area contributed by atoms with Crippen molar-refractivity contribution in [2.75, 3.05) is 32.2 Å². The molecule has 1 atom stereocenters. The molecule has 1 unspecified atom stereocenters. The number of nitrogens with zero attached hydrogens (tertiary/aromatic N) is 1. The lowest BCUT2D eigenvalue weighted by molar-refractivity contribution is -0.127. The van der Waals surface area contributed by atoms with E-state index < -0.39 is 9.84 Å². The highest BCUT2D eigenvalue weighted by atomic mass is 32.2. The first-order chi connectivity index (χ1) is 9.40. The zero-order valence-corrected chi connectivity index (χ0v) is 12.3. The van der Waals surface area contributed by atoms with Gasteiger partial charge in [-0.1, -0.05) is 12.1 Å². The predicted octanol–water partition coefficient (Wildman–Crippen LogP) is 0.170. The van der Waals surface area contributed by atoms with Crippen molar-refractivity contribution < 1.29 is 17.9 Å². The first-order valence-electron chi connectivity index (χ1n) is 6.25. The Hall–Kier alpha value is -1.60. The smallest absolute Gasteiger partial charge is 0.238 e. The standard InChI is InChI=1S/C13H18N2O4S/c1-19-11-5-3-4-10(8-11)13-14-9-12(16)15(13)6-7-20(2,17)18/h3-5,8,13-14H,6-7,9H2,1-2H3. The molecular formula is C13H18N2O4S. The summed E-state index contributed by atoms with van der Waals surface area (Å²) in [5.41, 5.74) is 0.878. The van der Waals surface area contributed by atoms with E-state index in [1.54, 1.807) is 12.0 Å². The fourth-order valence-electron chi connectivity index (χ4n) is 2.17. The van der Waals surface area contributed by atoms with Crippen LogP contribution in [0.25, 0.3) is 0 Å². The van der Waals surface area contributed by atoms with Crippen molar-refractivity contribution in [2.45, 2.75) is 6.17 Å². The van der Waals surface area contributed by atoms with Gasteiger partial charge in [-0.15, -0.1) is 0 Å². The van der Waals surface area contributed by atoms with Crippen LogP contribution < -0.4 is 10.1 Å². The van der Waals surface area contributed by atoms with Gasteiger partial charge >= 0.3 is 0 Å². The SMILES string of the molecule is COc1cccc(C2NCC(=O)N2CCS(C)(=O)=O)c1. The normalized spacial score (nSPS) is 19.4. The van der Waals surface area contributed by atoms with Crippen LogP contribution in [0.1, 0.15) is 11.7 Å². The molecule has 0 spiro atoms. The predicted molar refractivity (Wildman–Crippen MR) is 75.2 cm³/mol. The molecule has 7 heteroatoms. The van der Waals surface area contributed by atoms with Crippen molar-refractivity contribution in [1.29, 1.82) is 0 Å². The minimum atomic E-state index is -3.10. The minimum absolute atomic E-state index is 0.0408. The van der Waals surface area contributed by atoms with Gasteiger partial charge in [0.2, 0.25) is 5.91 Å². The maximum absolute atomic E-state index is 11.9. The Kier molecular flexibility index (Phi) is 4.29. The Morgan fingerprint density at radius 2 is 2.20 bits per heavy atom. The maximum atomic E-state index is 11.9. The van der Waals surface area contributed by atoms with Gasteiger partial charge in [0.25, 0.3) is 0 Å². The Balaban J connectivity index is 2.18. The van der Waals surface area contributed by atoms with E-state index >= 15 is 0 Å². The van der Waals surface area contributed by atoms with Crippen LogP contribution in [0.4, 0.5) is 0 Å². The number of nitrogens with one attached hydrogen (secondary N) is 1. The third-order valence-electron chi connectivity index (χ3n) is 3.19. The van der Waals surface area contributed by atoms with E-state index in [-0.39, 0.29) is 30.9 Å². The summed E-state index contributed by atoms with van der Waals surface area (Å²) in [5.74, 6) is 0.564. The number of ether oxygens (including phenoxy) is 1. The van der Waals surface area contributed by atoms with E-state index in [1.807, 2.05) is 24.3 Å². The third-order valence-corrected chi connectivity index (χ3v) is 4.12. The summed E-state index contributed by atoms with van der Waals surface area (Å²) in [6.45, 7) is 0.401. The van der Waals surface area contributed by atoms with Crippen LogP contribution >= 0.6 is 0 Å². The van der Waals surface area contributed by atoms with Gasteiger partial charge in [0.15, 0.2) is 0 Å². The van der Waals surface area contributed by atoms with Crippen LogP contribution in [0.15, 0.2) is 24.3 Å². The van der Waals surface area contributed by atoms with Gasteiger partial charge in [-0.3, -0.25) is 10.1 Å². The Morgan fingerprint density at radius 3 is 2.85 bits per heavy atom. The molecule has 1 aromatic rings. The Labute approximate surface area is 118 Å². The Bertz CT molecular complexity index is 600. The summed E-state index contributed by atoms with van der Waals surface area (Å²) in [6.07, 6.45) is 0.862. The van der Waals surface area contributed by atoms with E-state index in [4.69, 9.17) is 4.74 Å². The number of hydrogen-bond donors (Lipinski definition) is 1. The van der Waals surface area contributed by atoms with Crippen molar-refractivity contribution >= 4 is 15.7 Å². The third kappa shape index (κ3) is 3.49. The average Bonchev–Trinajstić information content (AvgIpc) is 2.77. The van der Waals surface area contributed by atoms with Crippen LogP contribution in [0, 0.1) is 0 Å². The minimum Gasteiger partial charge on any atom is -0.497 e. The van der Waals surface area contributed by atoms with Crippen LogP contribution in [0.3, 0.4) is 0 Å². The van der Waals surface area contributed by atoms with Crippen molar-refractivity contribution in [3.8, 4) is 5.75 Å². The number of sulfone groups is 1. The molecule has 0 bridgehead atoms. The van der Waals surface area contributed by atoms with E-state index in [2.05, 4.69) is 5.32 Å². The van der Waals surface area contributed by atoms with Gasteiger partial charge in [0.05, 0.1) is 19.4 Å². The molecule has 1 aliphatic heterocycles. The fraction of sp³-hybridized carbons (Fsp3) is 0.462. The average molecular weight is 298 g/mol. The molecule has 1 fully saturated rings. The number of benzene rings is 1. The molecule has 1 aromatic carbocycles. The van der Waals surface area contributed by atoms with E-state index in [0.717, 1.165) is 5.56 Å². The topological polar surface area (TPSA) is 75.7 Å². The van der Waals surface area contributed by atoms with Crippen molar-refractivity contribution in [1.82, 2.24) is 10.2 Å². The number of hydrogen-bond acceptors (Lipinski definition) is 5. The second-order valence-electron chi connectivity index (χ2n) is 4.78. The highest BCUT2D eigenvalue weighted by Crippen LogP contribution is 2.25. The number of methoxy groups -OCH3 is 1. The van der Waals surface area contributed by atoms with Crippen LogP contribution in [0.5, 0.6) is 5.75 Å². The lowest BCUT2D eigenvalue weighted by atomic mass is 10.1. The second-order valence-corrected chi connectivity index (χ2v) is 7.04. The van der Waals surface area contributed by atoms with Gasteiger partial charge < -0.3 is 9.64 Å². The number of carbonyl (C=O) groups excluding carboxylic acids is 1. The van der Waals surface area contributed by atoms with Crippen LogP contribution in [-0.2, 0) is 14.6 Å². The lowest BCUT2D eigenvalue weighted by Gasteiger charge is -2.24. The molecular weight excluding hydrogens is 280 g/mol. The van der Waals surface area contributed by atoms with E-state index in [0.29, 0.717) is 5.75 Å². The fourth-order valence-corrected chi connectivity index (χ4v) is 2.70. The Morgan fingerprint density at radius 1 is 1.45 bits per heavy atom. The number of rotatable bonds is 5. The van der Waals surface area contributed by atoms with Gasteiger partial charge in [-0.05, 0) is 17.7 Å². The second kappa shape index (κ2) is 5.80. The quantitative estimate of drug-likeness (QED) is 0.838. The largest absolute Gasteiger partial charge is 0.497 e. The molecule has 6 nitrogen and oxygen atoms in total. The molecule has 1 heterocycles.